The highest BCUT2D eigenvalue weighted by molar-refractivity contribution is 8.18. The zero-order chi connectivity index (χ0) is 20.9. The molecular weight excluding hydrogens is 424 g/mol. The first-order valence-electron chi connectivity index (χ1n) is 8.73. The van der Waals surface area contributed by atoms with Gasteiger partial charge in [0, 0.05) is 17.0 Å². The van der Waals surface area contributed by atoms with Gasteiger partial charge in [-0.2, -0.15) is 5.10 Å². The van der Waals surface area contributed by atoms with Crippen molar-refractivity contribution in [3.63, 3.8) is 0 Å². The van der Waals surface area contributed by atoms with E-state index in [1.54, 1.807) is 41.9 Å². The molecule has 2 aromatic heterocycles. The highest BCUT2D eigenvalue weighted by atomic mass is 32.2. The summed E-state index contributed by atoms with van der Waals surface area (Å²) in [5.41, 5.74) is 0.662. The van der Waals surface area contributed by atoms with Crippen molar-refractivity contribution in [1.29, 1.82) is 0 Å². The number of amidine groups is 1. The minimum absolute atomic E-state index is 0.00314. The zero-order valence-corrected chi connectivity index (χ0v) is 17.0. The van der Waals surface area contributed by atoms with Gasteiger partial charge in [0.15, 0.2) is 5.17 Å². The van der Waals surface area contributed by atoms with Crippen LogP contribution >= 0.6 is 23.1 Å². The van der Waals surface area contributed by atoms with E-state index >= 15 is 0 Å². The van der Waals surface area contributed by atoms with Gasteiger partial charge < -0.3 is 4.42 Å². The molecule has 150 valence electrons. The third-order valence-electron chi connectivity index (χ3n) is 4.05. The molecule has 10 heteroatoms. The van der Waals surface area contributed by atoms with Crippen molar-refractivity contribution in [2.75, 3.05) is 0 Å². The molecule has 3 heterocycles. The van der Waals surface area contributed by atoms with Gasteiger partial charge in [0.2, 0.25) is 0 Å². The average molecular weight is 438 g/mol. The molecule has 1 saturated heterocycles. The minimum atomic E-state index is -0.462. The van der Waals surface area contributed by atoms with Gasteiger partial charge in [0.1, 0.15) is 5.76 Å². The number of non-ortho nitro benzene ring substituents is 1. The van der Waals surface area contributed by atoms with Crippen LogP contribution in [0.5, 0.6) is 0 Å². The summed E-state index contributed by atoms with van der Waals surface area (Å²) < 4.78 is 5.37. The lowest BCUT2D eigenvalue weighted by Gasteiger charge is -2.12. The zero-order valence-electron chi connectivity index (χ0n) is 15.4. The van der Waals surface area contributed by atoms with E-state index in [0.29, 0.717) is 21.4 Å². The monoisotopic (exact) mass is 438 g/mol. The molecular formula is C20H14N4O4S2. The third kappa shape index (κ3) is 4.56. The van der Waals surface area contributed by atoms with E-state index in [9.17, 15) is 14.9 Å². The predicted octanol–water partition coefficient (Wildman–Crippen LogP) is 4.76. The lowest BCUT2D eigenvalue weighted by Crippen LogP contribution is -2.28. The normalized spacial score (nSPS) is 16.9. The number of hydrogen-bond acceptors (Lipinski definition) is 8. The van der Waals surface area contributed by atoms with Gasteiger partial charge in [-0.1, -0.05) is 6.07 Å². The van der Waals surface area contributed by atoms with Crippen LogP contribution in [0.3, 0.4) is 0 Å². The number of benzene rings is 1. The van der Waals surface area contributed by atoms with Gasteiger partial charge >= 0.3 is 0 Å². The first-order valence-corrected chi connectivity index (χ1v) is 10.4. The van der Waals surface area contributed by atoms with Crippen molar-refractivity contribution in [3.05, 3.63) is 91.4 Å². The van der Waals surface area contributed by atoms with Crippen LogP contribution in [0.4, 0.5) is 5.69 Å². The van der Waals surface area contributed by atoms with Gasteiger partial charge in [-0.25, -0.2) is 0 Å². The molecule has 0 saturated carbocycles. The molecule has 1 aliphatic heterocycles. The van der Waals surface area contributed by atoms with E-state index in [-0.39, 0.29) is 18.1 Å². The Hall–Kier alpha value is -3.50. The maximum absolute atomic E-state index is 12.9. The lowest BCUT2D eigenvalue weighted by molar-refractivity contribution is -0.384. The van der Waals surface area contributed by atoms with E-state index < -0.39 is 4.92 Å². The summed E-state index contributed by atoms with van der Waals surface area (Å²) in [5.74, 6) is 0.461. The molecule has 1 amide bonds. The van der Waals surface area contributed by atoms with E-state index in [1.807, 2.05) is 23.6 Å². The van der Waals surface area contributed by atoms with Crippen LogP contribution in [0.2, 0.25) is 0 Å². The number of nitro groups is 1. The van der Waals surface area contributed by atoms with Crippen LogP contribution in [0, 0.1) is 10.1 Å². The number of amides is 1. The number of carbonyl (C=O) groups excluding carboxylic acids is 1. The Balaban J connectivity index is 1.57. The van der Waals surface area contributed by atoms with Crippen molar-refractivity contribution in [2.45, 2.75) is 6.54 Å². The summed E-state index contributed by atoms with van der Waals surface area (Å²) in [6.07, 6.45) is 4.86. The number of rotatable bonds is 6. The maximum atomic E-state index is 12.9. The van der Waals surface area contributed by atoms with Gasteiger partial charge in [0.25, 0.3) is 11.6 Å². The molecule has 0 aliphatic carbocycles. The fourth-order valence-electron chi connectivity index (χ4n) is 2.61. The van der Waals surface area contributed by atoms with Crippen LogP contribution < -0.4 is 0 Å². The summed E-state index contributed by atoms with van der Waals surface area (Å²) in [6, 6.07) is 13.4. The van der Waals surface area contributed by atoms with E-state index in [1.165, 1.54) is 35.0 Å². The smallest absolute Gasteiger partial charge is 0.269 e. The molecule has 4 rings (SSSR count). The fourth-order valence-corrected chi connectivity index (χ4v) is 4.27. The van der Waals surface area contributed by atoms with Crippen molar-refractivity contribution in [1.82, 2.24) is 4.90 Å². The van der Waals surface area contributed by atoms with Crippen LogP contribution in [-0.4, -0.2) is 27.1 Å². The summed E-state index contributed by atoms with van der Waals surface area (Å²) in [4.78, 5) is 26.2. The first-order chi connectivity index (χ1) is 14.6. The van der Waals surface area contributed by atoms with Gasteiger partial charge in [-0.15, -0.1) is 16.4 Å². The van der Waals surface area contributed by atoms with Crippen LogP contribution in [0.15, 0.2) is 79.7 Å². The van der Waals surface area contributed by atoms with Crippen LogP contribution in [0.1, 0.15) is 16.2 Å². The van der Waals surface area contributed by atoms with Gasteiger partial charge in [-0.05, 0) is 59.1 Å². The second kappa shape index (κ2) is 8.89. The van der Waals surface area contributed by atoms with Crippen molar-refractivity contribution < 1.29 is 14.1 Å². The number of carbonyl (C=O) groups is 1. The van der Waals surface area contributed by atoms with Crippen molar-refractivity contribution >= 4 is 52.2 Å². The SMILES string of the molecule is O=C1/C(=C/c2cccs2)S/C(=N\N=C\c2ccc([N+](=O)[O-])cc2)N1Cc1ccco1. The molecule has 30 heavy (non-hydrogen) atoms. The molecule has 1 aromatic carbocycles. The Morgan fingerprint density at radius 3 is 2.67 bits per heavy atom. The number of thioether (sulfide) groups is 1. The molecule has 1 aliphatic rings. The maximum Gasteiger partial charge on any atom is 0.269 e. The Bertz CT molecular complexity index is 1130. The van der Waals surface area contributed by atoms with Gasteiger partial charge in [0.05, 0.1) is 28.9 Å². The van der Waals surface area contributed by atoms with E-state index in [2.05, 4.69) is 10.2 Å². The summed E-state index contributed by atoms with van der Waals surface area (Å²) in [6.45, 7) is 0.243. The molecule has 0 radical (unpaired) electrons. The summed E-state index contributed by atoms with van der Waals surface area (Å²) >= 11 is 2.78. The van der Waals surface area contributed by atoms with E-state index in [4.69, 9.17) is 4.42 Å². The molecule has 1 fully saturated rings. The molecule has 3 aromatic rings. The third-order valence-corrected chi connectivity index (χ3v) is 5.87. The lowest BCUT2D eigenvalue weighted by atomic mass is 10.2. The highest BCUT2D eigenvalue weighted by Crippen LogP contribution is 2.34. The van der Waals surface area contributed by atoms with Crippen molar-refractivity contribution in [2.24, 2.45) is 10.2 Å². The highest BCUT2D eigenvalue weighted by Gasteiger charge is 2.34. The molecule has 0 N–H and O–H groups in total. The molecule has 0 spiro atoms. The van der Waals surface area contributed by atoms with Gasteiger partial charge in [-0.3, -0.25) is 19.8 Å². The van der Waals surface area contributed by atoms with Crippen LogP contribution in [-0.2, 0) is 11.3 Å². The summed E-state index contributed by atoms with van der Waals surface area (Å²) in [5, 5.41) is 21.4. The molecule has 0 atom stereocenters. The number of thiophene rings is 1. The minimum Gasteiger partial charge on any atom is -0.467 e. The molecule has 8 nitrogen and oxygen atoms in total. The number of nitrogens with zero attached hydrogens (tertiary/aromatic N) is 4. The Morgan fingerprint density at radius 2 is 2.00 bits per heavy atom. The Labute approximate surface area is 179 Å². The topological polar surface area (TPSA) is 101 Å². The second-order valence-electron chi connectivity index (χ2n) is 6.07. The predicted molar refractivity (Wildman–Crippen MR) is 117 cm³/mol. The standard InChI is InChI=1S/C20H14N4O4S2/c25-19-18(11-17-4-2-10-29-17)30-20(23(19)13-16-3-1-9-28-16)22-21-12-14-5-7-15(8-6-14)24(26)27/h1-12H,13H2/b18-11-,21-12+,22-20-. The Kier molecular flexibility index (Phi) is 5.87. The number of furan rings is 1. The first kappa shape index (κ1) is 19.8. The largest absolute Gasteiger partial charge is 0.467 e. The summed E-state index contributed by atoms with van der Waals surface area (Å²) in [7, 11) is 0. The fraction of sp³-hybridized carbons (Fsp3) is 0.0500. The molecule has 0 unspecified atom stereocenters. The second-order valence-corrected chi connectivity index (χ2v) is 8.06. The average Bonchev–Trinajstić information content (AvgIpc) is 3.49. The number of hydrogen-bond donors (Lipinski definition) is 0. The van der Waals surface area contributed by atoms with Crippen LogP contribution in [0.25, 0.3) is 6.08 Å². The molecule has 0 bridgehead atoms. The number of nitro benzene ring substituents is 1. The Morgan fingerprint density at radius 1 is 1.17 bits per heavy atom. The van der Waals surface area contributed by atoms with Crippen molar-refractivity contribution in [3.8, 4) is 0 Å². The quantitative estimate of drug-likeness (QED) is 0.239. The van der Waals surface area contributed by atoms with E-state index in [0.717, 1.165) is 4.88 Å².